The Labute approximate surface area is 239 Å². The first kappa shape index (κ1) is 31.1. The van der Waals surface area contributed by atoms with Crippen molar-refractivity contribution in [3.8, 4) is 28.4 Å². The molecule has 0 aliphatic heterocycles. The third-order valence-electron chi connectivity index (χ3n) is 6.78. The van der Waals surface area contributed by atoms with Crippen molar-refractivity contribution in [2.45, 2.75) is 38.3 Å². The van der Waals surface area contributed by atoms with Crippen LogP contribution in [0, 0.1) is 0 Å². The minimum atomic E-state index is -0.614. The highest BCUT2D eigenvalue weighted by Gasteiger charge is 2.29. The zero-order chi connectivity index (χ0) is 29.2. The molecule has 2 atom stereocenters. The van der Waals surface area contributed by atoms with Crippen LogP contribution in [-0.4, -0.2) is 71.5 Å². The first-order valence-electron chi connectivity index (χ1n) is 13.1. The van der Waals surface area contributed by atoms with Crippen molar-refractivity contribution in [1.82, 2.24) is 10.6 Å². The second-order valence-corrected chi connectivity index (χ2v) is 10.3. The molecule has 0 fully saturated rings. The van der Waals surface area contributed by atoms with Gasteiger partial charge in [-0.25, -0.2) is 0 Å². The van der Waals surface area contributed by atoms with E-state index in [1.165, 1.54) is 13.0 Å². The van der Waals surface area contributed by atoms with E-state index in [1.807, 2.05) is 18.4 Å². The van der Waals surface area contributed by atoms with Crippen molar-refractivity contribution in [1.29, 1.82) is 0 Å². The number of anilines is 1. The molecule has 2 aromatic carbocycles. The van der Waals surface area contributed by atoms with Crippen LogP contribution in [0.25, 0.3) is 11.1 Å². The van der Waals surface area contributed by atoms with Crippen LogP contribution < -0.4 is 35.6 Å². The van der Waals surface area contributed by atoms with E-state index >= 15 is 0 Å². The van der Waals surface area contributed by atoms with Crippen LogP contribution in [0.15, 0.2) is 29.1 Å². The minimum absolute atomic E-state index is 0.203. The van der Waals surface area contributed by atoms with Gasteiger partial charge in [0.25, 0.3) is 0 Å². The van der Waals surface area contributed by atoms with E-state index in [-0.39, 0.29) is 22.9 Å². The topological polar surface area (TPSA) is 124 Å². The summed E-state index contributed by atoms with van der Waals surface area (Å²) in [5, 5.41) is 9.03. The number of hydrogen-bond acceptors (Lipinski definition) is 9. The maximum atomic E-state index is 13.6. The summed E-state index contributed by atoms with van der Waals surface area (Å²) in [7, 11) is 6.23. The number of benzene rings is 1. The van der Waals surface area contributed by atoms with Gasteiger partial charge in [-0.1, -0.05) is 6.07 Å². The number of rotatable bonds is 13. The lowest BCUT2D eigenvalue weighted by atomic mass is 9.95. The van der Waals surface area contributed by atoms with E-state index in [1.54, 1.807) is 46.3 Å². The number of methoxy groups -OCH3 is 4. The van der Waals surface area contributed by atoms with Crippen LogP contribution in [0.2, 0.25) is 0 Å². The summed E-state index contributed by atoms with van der Waals surface area (Å²) in [6.45, 7) is 2.21. The number of fused-ring (bicyclic) bond motifs is 3. The summed E-state index contributed by atoms with van der Waals surface area (Å²) in [4.78, 5) is 38.7. The maximum Gasteiger partial charge on any atom is 0.242 e. The standard InChI is InChI=1S/C29H39N3O7S/c1-17(33)31-21-9-7-18-15-25(37-3)27(38-4)28(39-5)26(18)19-8-10-22(24(34)16-20(19)21)32-23(11-14-40-6)29(35)30-12-13-36-2/h8,10,15-16,21,23H,7,9,11-14H2,1-6H3,(H,30,35)(H,31,33)(H,32,34)/t21-,23-/m1/s1. The van der Waals surface area contributed by atoms with Gasteiger partial charge in [0.2, 0.25) is 23.0 Å². The second-order valence-electron chi connectivity index (χ2n) is 9.36. The number of ether oxygens (including phenoxy) is 4. The maximum absolute atomic E-state index is 13.6. The molecule has 0 unspecified atom stereocenters. The first-order valence-corrected chi connectivity index (χ1v) is 14.5. The smallest absolute Gasteiger partial charge is 0.242 e. The number of hydrogen-bond donors (Lipinski definition) is 3. The Balaban J connectivity index is 2.19. The van der Waals surface area contributed by atoms with Gasteiger partial charge >= 0.3 is 0 Å². The van der Waals surface area contributed by atoms with Gasteiger partial charge < -0.3 is 34.9 Å². The lowest BCUT2D eigenvalue weighted by Crippen LogP contribution is -2.42. The van der Waals surface area contributed by atoms with E-state index < -0.39 is 12.1 Å². The molecule has 2 amide bonds. The van der Waals surface area contributed by atoms with Crippen LogP contribution in [0.1, 0.15) is 36.9 Å². The Morgan fingerprint density at radius 1 is 1.07 bits per heavy atom. The molecule has 0 radical (unpaired) electrons. The number of nitrogens with one attached hydrogen (secondary N) is 3. The van der Waals surface area contributed by atoms with E-state index in [9.17, 15) is 14.4 Å². The molecule has 10 nitrogen and oxygen atoms in total. The Bertz CT molecular complexity index is 1270. The molecule has 3 rings (SSSR count). The highest BCUT2D eigenvalue weighted by molar-refractivity contribution is 7.98. The fraction of sp³-hybridized carbons (Fsp3) is 0.483. The molecule has 1 aliphatic rings. The molecule has 40 heavy (non-hydrogen) atoms. The van der Waals surface area contributed by atoms with Crippen LogP contribution in [-0.2, 0) is 20.7 Å². The lowest BCUT2D eigenvalue weighted by Gasteiger charge is -2.19. The third kappa shape index (κ3) is 7.19. The zero-order valence-electron chi connectivity index (χ0n) is 24.0. The molecule has 1 aliphatic carbocycles. The average Bonchev–Trinajstić information content (AvgIpc) is 3.18. The van der Waals surface area contributed by atoms with Crippen molar-refractivity contribution in [2.24, 2.45) is 0 Å². The number of amides is 2. The minimum Gasteiger partial charge on any atom is -0.493 e. The van der Waals surface area contributed by atoms with Gasteiger partial charge in [-0.15, -0.1) is 0 Å². The normalized spacial score (nSPS) is 14.6. The monoisotopic (exact) mass is 573 g/mol. The molecule has 0 saturated heterocycles. The molecule has 11 heteroatoms. The summed E-state index contributed by atoms with van der Waals surface area (Å²) in [5.41, 5.74) is 3.07. The molecule has 0 bridgehead atoms. The molecule has 2 aromatic rings. The molecule has 0 heterocycles. The molecular weight excluding hydrogens is 534 g/mol. The Hall–Kier alpha value is -3.44. The Morgan fingerprint density at radius 3 is 2.45 bits per heavy atom. The van der Waals surface area contributed by atoms with Crippen LogP contribution in [0.5, 0.6) is 17.2 Å². The van der Waals surface area contributed by atoms with Gasteiger partial charge in [0, 0.05) is 26.1 Å². The van der Waals surface area contributed by atoms with E-state index in [4.69, 9.17) is 18.9 Å². The molecule has 0 aromatic heterocycles. The van der Waals surface area contributed by atoms with Crippen LogP contribution in [0.3, 0.4) is 0 Å². The van der Waals surface area contributed by atoms with Gasteiger partial charge in [-0.2, -0.15) is 11.8 Å². The number of carbonyl (C=O) groups excluding carboxylic acids is 2. The van der Waals surface area contributed by atoms with Gasteiger partial charge in [-0.3, -0.25) is 14.4 Å². The molecule has 0 saturated carbocycles. The van der Waals surface area contributed by atoms with Gasteiger partial charge in [0.15, 0.2) is 11.5 Å². The molecular formula is C29H39N3O7S. The van der Waals surface area contributed by atoms with Gasteiger partial charge in [0.05, 0.1) is 39.7 Å². The number of carbonyl (C=O) groups is 2. The summed E-state index contributed by atoms with van der Waals surface area (Å²) in [5.74, 6) is 1.76. The Kier molecular flexibility index (Phi) is 11.5. The van der Waals surface area contributed by atoms with Crippen molar-refractivity contribution >= 4 is 29.3 Å². The Morgan fingerprint density at radius 2 is 1.82 bits per heavy atom. The second kappa shape index (κ2) is 14.8. The molecule has 3 N–H and O–H groups in total. The van der Waals surface area contributed by atoms with Gasteiger partial charge in [0.1, 0.15) is 6.04 Å². The largest absolute Gasteiger partial charge is 0.493 e. The SMILES string of the molecule is COCCNC(=O)[C@@H](CCSC)Nc1ccc2c(cc1=O)[C@H](NC(C)=O)CCc1cc(OC)c(OC)c(OC)c1-2. The number of aryl methyl sites for hydroxylation is 1. The fourth-order valence-electron chi connectivity index (χ4n) is 4.92. The summed E-state index contributed by atoms with van der Waals surface area (Å²) in [6, 6.07) is 5.93. The average molecular weight is 574 g/mol. The number of thioether (sulfide) groups is 1. The van der Waals surface area contributed by atoms with Crippen molar-refractivity contribution in [3.63, 3.8) is 0 Å². The predicted octanol–water partition coefficient (Wildman–Crippen LogP) is 3.16. The predicted molar refractivity (Wildman–Crippen MR) is 158 cm³/mol. The molecule has 218 valence electrons. The van der Waals surface area contributed by atoms with Crippen LogP contribution >= 0.6 is 11.8 Å². The van der Waals surface area contributed by atoms with Crippen LogP contribution in [0.4, 0.5) is 5.69 Å². The summed E-state index contributed by atoms with van der Waals surface area (Å²) < 4.78 is 22.1. The van der Waals surface area contributed by atoms with Crippen molar-refractivity contribution in [3.05, 3.63) is 45.6 Å². The first-order chi connectivity index (χ1) is 19.3. The highest BCUT2D eigenvalue weighted by atomic mass is 32.2. The third-order valence-corrected chi connectivity index (χ3v) is 7.42. The van der Waals surface area contributed by atoms with E-state index in [0.29, 0.717) is 55.2 Å². The zero-order valence-corrected chi connectivity index (χ0v) is 24.8. The summed E-state index contributed by atoms with van der Waals surface area (Å²) in [6.07, 6.45) is 3.66. The summed E-state index contributed by atoms with van der Waals surface area (Å²) >= 11 is 1.62. The fourth-order valence-corrected chi connectivity index (χ4v) is 5.39. The molecule has 0 spiro atoms. The lowest BCUT2D eigenvalue weighted by molar-refractivity contribution is -0.122. The van der Waals surface area contributed by atoms with Crippen molar-refractivity contribution in [2.75, 3.05) is 58.9 Å². The quantitative estimate of drug-likeness (QED) is 0.310. The van der Waals surface area contributed by atoms with Crippen molar-refractivity contribution < 1.29 is 28.5 Å². The van der Waals surface area contributed by atoms with Gasteiger partial charge in [-0.05, 0) is 66.2 Å². The van der Waals surface area contributed by atoms with E-state index in [2.05, 4.69) is 16.0 Å². The highest BCUT2D eigenvalue weighted by Crippen LogP contribution is 2.50. The van der Waals surface area contributed by atoms with E-state index in [0.717, 1.165) is 22.4 Å².